The van der Waals surface area contributed by atoms with Gasteiger partial charge in [0, 0.05) is 12.6 Å². The molecule has 1 aromatic rings. The minimum atomic E-state index is -4.14. The maximum atomic E-state index is 12.0. The van der Waals surface area contributed by atoms with E-state index in [-0.39, 0.29) is 10.8 Å². The molecule has 0 aliphatic carbocycles. The zero-order chi connectivity index (χ0) is 16.2. The molecule has 0 aromatic heterocycles. The second kappa shape index (κ2) is 6.66. The van der Waals surface area contributed by atoms with E-state index in [1.807, 2.05) is 4.72 Å². The van der Waals surface area contributed by atoms with E-state index < -0.39 is 28.1 Å². The Morgan fingerprint density at radius 2 is 1.76 bits per heavy atom. The molecule has 0 spiro atoms. The molecule has 2 atom stereocenters. The number of rotatable bonds is 6. The molecule has 9 heteroatoms. The van der Waals surface area contributed by atoms with Gasteiger partial charge < -0.3 is 20.3 Å². The van der Waals surface area contributed by atoms with Gasteiger partial charge in [-0.3, -0.25) is 4.79 Å². The molecule has 0 radical (unpaired) electrons. The second-order valence-corrected chi connectivity index (χ2v) is 6.08. The number of hydrogen-bond acceptors (Lipinski definition) is 6. The van der Waals surface area contributed by atoms with Crippen molar-refractivity contribution >= 4 is 27.6 Å². The lowest BCUT2D eigenvalue weighted by Gasteiger charge is -2.22. The summed E-state index contributed by atoms with van der Waals surface area (Å²) in [6.07, 6.45) is -1.46. The van der Waals surface area contributed by atoms with Gasteiger partial charge in [0.15, 0.2) is 0 Å². The summed E-state index contributed by atoms with van der Waals surface area (Å²) in [6.45, 7) is 2.43. The molecule has 0 fully saturated rings. The van der Waals surface area contributed by atoms with Crippen LogP contribution in [0.25, 0.3) is 0 Å². The minimum Gasteiger partial charge on any atom is -0.548 e. The summed E-state index contributed by atoms with van der Waals surface area (Å²) < 4.78 is 25.8. The highest BCUT2D eigenvalue weighted by atomic mass is 32.2. The normalized spacial score (nSPS) is 14.2. The summed E-state index contributed by atoms with van der Waals surface area (Å²) in [4.78, 5) is 21.4. The minimum absolute atomic E-state index is 0.205. The van der Waals surface area contributed by atoms with E-state index in [0.29, 0.717) is 5.69 Å². The van der Waals surface area contributed by atoms with Gasteiger partial charge in [0.2, 0.25) is 15.9 Å². The molecule has 0 bridgehead atoms. The summed E-state index contributed by atoms with van der Waals surface area (Å²) in [5.74, 6) is -2.04. The molecule has 8 nitrogen and oxygen atoms in total. The Balaban J connectivity index is 2.97. The predicted octanol–water partition coefficient (Wildman–Crippen LogP) is -1.58. The second-order valence-electron chi connectivity index (χ2n) is 4.36. The first-order valence-corrected chi connectivity index (χ1v) is 7.40. The van der Waals surface area contributed by atoms with E-state index in [1.54, 1.807) is 0 Å². The van der Waals surface area contributed by atoms with E-state index in [0.717, 1.165) is 6.92 Å². The first kappa shape index (κ1) is 17.1. The van der Waals surface area contributed by atoms with Gasteiger partial charge in [-0.25, -0.2) is 8.42 Å². The van der Waals surface area contributed by atoms with Crippen LogP contribution < -0.4 is 15.1 Å². The zero-order valence-electron chi connectivity index (χ0n) is 11.4. The summed E-state index contributed by atoms with van der Waals surface area (Å²) in [5.41, 5.74) is 0.397. The van der Waals surface area contributed by atoms with Crippen molar-refractivity contribution in [3.8, 4) is 0 Å². The fraction of sp³-hybridized carbons (Fsp3) is 0.333. The third kappa shape index (κ3) is 4.81. The summed E-state index contributed by atoms with van der Waals surface area (Å²) >= 11 is 0. The lowest BCUT2D eigenvalue weighted by molar-refractivity contribution is -0.309. The van der Waals surface area contributed by atoms with Crippen LogP contribution in [0, 0.1) is 0 Å². The van der Waals surface area contributed by atoms with E-state index in [4.69, 9.17) is 0 Å². The molecule has 1 aromatic carbocycles. The average molecular weight is 315 g/mol. The predicted molar refractivity (Wildman–Crippen MR) is 71.5 cm³/mol. The molecule has 0 saturated heterocycles. The Hall–Kier alpha value is -1.97. The zero-order valence-corrected chi connectivity index (χ0v) is 12.2. The highest BCUT2D eigenvalue weighted by Crippen LogP contribution is 2.14. The van der Waals surface area contributed by atoms with Crippen molar-refractivity contribution in [2.75, 3.05) is 5.32 Å². The van der Waals surface area contributed by atoms with Crippen LogP contribution in [-0.4, -0.2) is 37.5 Å². The molecular weight excluding hydrogens is 300 g/mol. The van der Waals surface area contributed by atoms with Crippen molar-refractivity contribution in [3.05, 3.63) is 24.3 Å². The summed E-state index contributed by atoms with van der Waals surface area (Å²) in [6, 6.07) is 3.34. The number of carbonyl (C=O) groups excluding carboxylic acids is 2. The molecule has 1 amide bonds. The van der Waals surface area contributed by atoms with Gasteiger partial charge in [-0.05, 0) is 31.2 Å². The van der Waals surface area contributed by atoms with Crippen molar-refractivity contribution in [2.45, 2.75) is 30.9 Å². The first-order chi connectivity index (χ1) is 9.63. The molecule has 0 saturated carbocycles. The number of aliphatic carboxylic acids is 1. The number of aliphatic hydroxyl groups is 1. The number of carbonyl (C=O) groups is 2. The fourth-order valence-corrected chi connectivity index (χ4v) is 2.76. The number of nitrogens with one attached hydrogen (secondary N) is 2. The Labute approximate surface area is 121 Å². The van der Waals surface area contributed by atoms with Crippen LogP contribution in [0.5, 0.6) is 0 Å². The molecule has 0 aliphatic heterocycles. The molecule has 1 rings (SSSR count). The van der Waals surface area contributed by atoms with Gasteiger partial charge in [-0.15, -0.1) is 0 Å². The third-order valence-corrected chi connectivity index (χ3v) is 3.96. The van der Waals surface area contributed by atoms with E-state index in [1.165, 1.54) is 31.2 Å². The number of amides is 1. The highest BCUT2D eigenvalue weighted by molar-refractivity contribution is 7.89. The van der Waals surface area contributed by atoms with E-state index >= 15 is 0 Å². The molecule has 0 heterocycles. The largest absolute Gasteiger partial charge is 0.548 e. The van der Waals surface area contributed by atoms with E-state index in [9.17, 15) is 28.2 Å². The number of hydrogen-bond donors (Lipinski definition) is 3. The number of aliphatic hydroxyl groups excluding tert-OH is 1. The van der Waals surface area contributed by atoms with Crippen molar-refractivity contribution < 1.29 is 28.2 Å². The van der Waals surface area contributed by atoms with Crippen LogP contribution in [0.1, 0.15) is 13.8 Å². The number of anilines is 1. The summed E-state index contributed by atoms with van der Waals surface area (Å²) in [5, 5.41) is 22.5. The van der Waals surface area contributed by atoms with Crippen LogP contribution in [-0.2, 0) is 19.6 Å². The Morgan fingerprint density at radius 1 is 1.24 bits per heavy atom. The standard InChI is InChI=1S/C12H16N2O6S/c1-7(15)11(12(17)18)14-21(19,20)10-5-3-9(4-6-10)13-8(2)16/h3-7,11,14-15H,1-2H3,(H,13,16)(H,17,18)/p-1. The number of sulfonamides is 1. The Bertz CT molecular complexity index is 624. The first-order valence-electron chi connectivity index (χ1n) is 5.92. The van der Waals surface area contributed by atoms with Crippen LogP contribution in [0.4, 0.5) is 5.69 Å². The molecule has 3 N–H and O–H groups in total. The number of benzene rings is 1. The van der Waals surface area contributed by atoms with Crippen molar-refractivity contribution in [3.63, 3.8) is 0 Å². The van der Waals surface area contributed by atoms with Gasteiger partial charge in [-0.1, -0.05) is 0 Å². The Kier molecular flexibility index (Phi) is 5.41. The van der Waals surface area contributed by atoms with Crippen molar-refractivity contribution in [2.24, 2.45) is 0 Å². The van der Waals surface area contributed by atoms with E-state index in [2.05, 4.69) is 5.32 Å². The lowest BCUT2D eigenvalue weighted by Crippen LogP contribution is -2.53. The van der Waals surface area contributed by atoms with Gasteiger partial charge in [-0.2, -0.15) is 4.72 Å². The Morgan fingerprint density at radius 3 is 2.14 bits per heavy atom. The molecule has 116 valence electrons. The van der Waals surface area contributed by atoms with Crippen molar-refractivity contribution in [1.82, 2.24) is 4.72 Å². The van der Waals surface area contributed by atoms with Crippen LogP contribution in [0.3, 0.4) is 0 Å². The maximum Gasteiger partial charge on any atom is 0.241 e. The number of carboxylic acids is 1. The van der Waals surface area contributed by atoms with Gasteiger partial charge >= 0.3 is 0 Å². The maximum absolute atomic E-state index is 12.0. The van der Waals surface area contributed by atoms with Crippen molar-refractivity contribution in [1.29, 1.82) is 0 Å². The van der Waals surface area contributed by atoms with Gasteiger partial charge in [0.25, 0.3) is 0 Å². The van der Waals surface area contributed by atoms with Crippen LogP contribution in [0.2, 0.25) is 0 Å². The molecular formula is C12H15N2O6S-. The van der Waals surface area contributed by atoms with Crippen LogP contribution in [0.15, 0.2) is 29.2 Å². The lowest BCUT2D eigenvalue weighted by atomic mass is 10.2. The van der Waals surface area contributed by atoms with Crippen LogP contribution >= 0.6 is 0 Å². The SMILES string of the molecule is CC(=O)Nc1ccc(S(=O)(=O)NC(C(=O)[O-])C(C)O)cc1. The number of carboxylic acid groups (broad SMARTS) is 1. The molecule has 0 aliphatic rings. The smallest absolute Gasteiger partial charge is 0.241 e. The molecule has 2 unspecified atom stereocenters. The summed E-state index contributed by atoms with van der Waals surface area (Å²) in [7, 11) is -4.14. The van der Waals surface area contributed by atoms with Gasteiger partial charge in [0.05, 0.1) is 23.0 Å². The van der Waals surface area contributed by atoms with Gasteiger partial charge in [0.1, 0.15) is 0 Å². The average Bonchev–Trinajstić information content (AvgIpc) is 2.35. The third-order valence-electron chi connectivity index (χ3n) is 2.50. The monoisotopic (exact) mass is 315 g/mol. The molecule has 21 heavy (non-hydrogen) atoms. The quantitative estimate of drug-likeness (QED) is 0.580. The fourth-order valence-electron chi connectivity index (χ4n) is 1.50. The topological polar surface area (TPSA) is 136 Å². The highest BCUT2D eigenvalue weighted by Gasteiger charge is 2.24.